The van der Waals surface area contributed by atoms with E-state index in [1.165, 1.54) is 0 Å². The van der Waals surface area contributed by atoms with Crippen LogP contribution in [-0.2, 0) is 0 Å². The maximum atomic E-state index is 5.16. The number of hydrogen-bond acceptors (Lipinski definition) is 3. The van der Waals surface area contributed by atoms with Gasteiger partial charge in [-0.2, -0.15) is 0 Å². The molecule has 0 saturated heterocycles. The van der Waals surface area contributed by atoms with Gasteiger partial charge in [0, 0.05) is 5.56 Å². The average Bonchev–Trinajstić information content (AvgIpc) is 2.17. The van der Waals surface area contributed by atoms with Crippen molar-refractivity contribution < 1.29 is 4.74 Å². The summed E-state index contributed by atoms with van der Waals surface area (Å²) in [6.07, 6.45) is 0. The average molecular weight is 182 g/mol. The Kier molecular flexibility index (Phi) is 3.01. The summed E-state index contributed by atoms with van der Waals surface area (Å²) in [7, 11) is 1.61. The van der Waals surface area contributed by atoms with Crippen LogP contribution in [-0.4, -0.2) is 12.1 Å². The van der Waals surface area contributed by atoms with Gasteiger partial charge in [0.1, 0.15) is 10.7 Å². The second kappa shape index (κ2) is 4.04. The fraction of sp³-hybridized carbons (Fsp3) is 0.125. The minimum absolute atomic E-state index is 0.508. The number of nitrogens with one attached hydrogen (secondary N) is 1. The lowest BCUT2D eigenvalue weighted by molar-refractivity contribution is 0.414. The van der Waals surface area contributed by atoms with Crippen molar-refractivity contribution in [2.45, 2.75) is 0 Å². The maximum Gasteiger partial charge on any atom is 0.120 e. The van der Waals surface area contributed by atoms with Gasteiger partial charge in [0.25, 0.3) is 0 Å². The molecule has 0 atom stereocenters. The van der Waals surface area contributed by atoms with E-state index in [9.17, 15) is 0 Å². The Labute approximate surface area is 76.5 Å². The van der Waals surface area contributed by atoms with Gasteiger partial charge in [0.05, 0.1) is 7.11 Å². The van der Waals surface area contributed by atoms with Gasteiger partial charge in [-0.05, 0) is 12.1 Å². The molecule has 1 aromatic rings. The van der Waals surface area contributed by atoms with E-state index in [0.717, 1.165) is 11.3 Å². The van der Waals surface area contributed by atoms with Crippen molar-refractivity contribution in [1.82, 2.24) is 5.43 Å². The molecule has 3 nitrogen and oxygen atoms in total. The quantitative estimate of drug-likeness (QED) is 0.404. The monoisotopic (exact) mass is 182 g/mol. The van der Waals surface area contributed by atoms with Crippen LogP contribution >= 0.6 is 12.2 Å². The molecule has 0 aliphatic heterocycles. The van der Waals surface area contributed by atoms with Crippen LogP contribution in [0.1, 0.15) is 5.56 Å². The van der Waals surface area contributed by atoms with Crippen LogP contribution in [0.2, 0.25) is 0 Å². The number of benzene rings is 1. The van der Waals surface area contributed by atoms with Crippen LogP contribution in [0.5, 0.6) is 5.75 Å². The second-order valence-corrected chi connectivity index (χ2v) is 2.61. The highest BCUT2D eigenvalue weighted by Crippen LogP contribution is 2.12. The van der Waals surface area contributed by atoms with Crippen molar-refractivity contribution in [3.8, 4) is 5.75 Å². The molecule has 0 spiro atoms. The lowest BCUT2D eigenvalue weighted by Gasteiger charge is -2.04. The Hall–Kier alpha value is -1.13. The minimum Gasteiger partial charge on any atom is -0.497 e. The number of nitrogens with two attached hydrogens (primary N) is 1. The molecule has 64 valence electrons. The highest BCUT2D eigenvalue weighted by Gasteiger charge is 1.99. The molecule has 0 aliphatic carbocycles. The third-order valence-electron chi connectivity index (χ3n) is 1.46. The van der Waals surface area contributed by atoms with Crippen LogP contribution in [0.15, 0.2) is 24.3 Å². The molecular formula is C8H10N2OS. The number of methoxy groups -OCH3 is 1. The fourth-order valence-electron chi connectivity index (χ4n) is 0.848. The summed E-state index contributed by atoms with van der Waals surface area (Å²) >= 11 is 4.94. The second-order valence-electron chi connectivity index (χ2n) is 2.21. The SMILES string of the molecule is COc1cccc(C(=S)NN)c1. The summed E-state index contributed by atoms with van der Waals surface area (Å²) in [5, 5.41) is 0. The standard InChI is InChI=1S/C8H10N2OS/c1-11-7-4-2-3-6(5-7)8(12)10-9/h2-5H,9H2,1H3,(H,10,12). The van der Waals surface area contributed by atoms with Crippen molar-refractivity contribution in [1.29, 1.82) is 0 Å². The van der Waals surface area contributed by atoms with Gasteiger partial charge in [-0.15, -0.1) is 0 Å². The Morgan fingerprint density at radius 3 is 2.92 bits per heavy atom. The third kappa shape index (κ3) is 1.93. The highest BCUT2D eigenvalue weighted by atomic mass is 32.1. The Morgan fingerprint density at radius 2 is 2.33 bits per heavy atom. The van der Waals surface area contributed by atoms with Gasteiger partial charge in [-0.25, -0.2) is 5.84 Å². The van der Waals surface area contributed by atoms with Gasteiger partial charge in [-0.1, -0.05) is 24.4 Å². The molecule has 0 bridgehead atoms. The molecule has 0 amide bonds. The predicted molar refractivity (Wildman–Crippen MR) is 52.0 cm³/mol. The van der Waals surface area contributed by atoms with Gasteiger partial charge in [0.15, 0.2) is 0 Å². The molecule has 3 N–H and O–H groups in total. The summed E-state index contributed by atoms with van der Waals surface area (Å²) in [6, 6.07) is 7.40. The first-order valence-electron chi connectivity index (χ1n) is 3.43. The summed E-state index contributed by atoms with van der Waals surface area (Å²) in [5.41, 5.74) is 3.26. The number of rotatable bonds is 2. The van der Waals surface area contributed by atoms with Crippen molar-refractivity contribution in [3.05, 3.63) is 29.8 Å². The van der Waals surface area contributed by atoms with E-state index in [1.54, 1.807) is 7.11 Å². The summed E-state index contributed by atoms with van der Waals surface area (Å²) in [6.45, 7) is 0. The smallest absolute Gasteiger partial charge is 0.120 e. The van der Waals surface area contributed by atoms with Crippen molar-refractivity contribution in [2.75, 3.05) is 7.11 Å². The maximum absolute atomic E-state index is 5.16. The zero-order valence-corrected chi connectivity index (χ0v) is 7.52. The van der Waals surface area contributed by atoms with Crippen LogP contribution in [0.3, 0.4) is 0 Å². The lowest BCUT2D eigenvalue weighted by Crippen LogP contribution is -2.28. The molecule has 0 heterocycles. The van der Waals surface area contributed by atoms with E-state index < -0.39 is 0 Å². The summed E-state index contributed by atoms with van der Waals surface area (Å²) < 4.78 is 5.02. The molecule has 1 aromatic carbocycles. The van der Waals surface area contributed by atoms with E-state index in [-0.39, 0.29) is 0 Å². The molecule has 0 radical (unpaired) electrons. The molecule has 12 heavy (non-hydrogen) atoms. The van der Waals surface area contributed by atoms with Crippen molar-refractivity contribution in [2.24, 2.45) is 5.84 Å². The van der Waals surface area contributed by atoms with Crippen molar-refractivity contribution >= 4 is 17.2 Å². The van der Waals surface area contributed by atoms with Crippen LogP contribution in [0.25, 0.3) is 0 Å². The third-order valence-corrected chi connectivity index (χ3v) is 1.82. The largest absolute Gasteiger partial charge is 0.497 e. The molecule has 4 heteroatoms. The number of hydrazine groups is 1. The molecule has 0 aliphatic rings. The van der Waals surface area contributed by atoms with Gasteiger partial charge >= 0.3 is 0 Å². The molecule has 1 rings (SSSR count). The van der Waals surface area contributed by atoms with E-state index in [1.807, 2.05) is 24.3 Å². The Morgan fingerprint density at radius 1 is 1.58 bits per heavy atom. The zero-order chi connectivity index (χ0) is 8.97. The first kappa shape index (κ1) is 8.96. The van der Waals surface area contributed by atoms with Crippen LogP contribution < -0.4 is 16.0 Å². The van der Waals surface area contributed by atoms with Gasteiger partial charge in [-0.3, -0.25) is 0 Å². The summed E-state index contributed by atoms with van der Waals surface area (Å²) in [4.78, 5) is 0.508. The highest BCUT2D eigenvalue weighted by molar-refractivity contribution is 7.80. The van der Waals surface area contributed by atoms with Crippen LogP contribution in [0.4, 0.5) is 0 Å². The number of ether oxygens (including phenoxy) is 1. The number of hydrogen-bond donors (Lipinski definition) is 2. The molecule has 0 unspecified atom stereocenters. The predicted octanol–water partition coefficient (Wildman–Crippen LogP) is 0.834. The lowest BCUT2D eigenvalue weighted by atomic mass is 10.2. The van der Waals surface area contributed by atoms with E-state index in [2.05, 4.69) is 5.43 Å². The zero-order valence-electron chi connectivity index (χ0n) is 6.70. The first-order chi connectivity index (χ1) is 5.77. The molecule has 0 saturated carbocycles. The van der Waals surface area contributed by atoms with Gasteiger partial charge in [0.2, 0.25) is 0 Å². The molecule has 0 fully saturated rings. The summed E-state index contributed by atoms with van der Waals surface area (Å²) in [5.74, 6) is 5.93. The first-order valence-corrected chi connectivity index (χ1v) is 3.83. The Bertz CT molecular complexity index is 288. The van der Waals surface area contributed by atoms with E-state index in [0.29, 0.717) is 4.99 Å². The fourth-order valence-corrected chi connectivity index (χ4v) is 0.975. The van der Waals surface area contributed by atoms with Crippen LogP contribution in [0, 0.1) is 0 Å². The molecular weight excluding hydrogens is 172 g/mol. The number of thiocarbonyl (C=S) groups is 1. The normalized spacial score (nSPS) is 9.17. The molecule has 0 aromatic heterocycles. The van der Waals surface area contributed by atoms with E-state index in [4.69, 9.17) is 22.8 Å². The topological polar surface area (TPSA) is 47.3 Å². The minimum atomic E-state index is 0.508. The Balaban J connectivity index is 2.93. The van der Waals surface area contributed by atoms with Gasteiger partial charge < -0.3 is 10.2 Å². The van der Waals surface area contributed by atoms with Crippen molar-refractivity contribution in [3.63, 3.8) is 0 Å². The van der Waals surface area contributed by atoms with E-state index >= 15 is 0 Å².